The zero-order valence-corrected chi connectivity index (χ0v) is 5.67. The molecule has 0 aliphatic rings. The van der Waals surface area contributed by atoms with E-state index in [9.17, 15) is 0 Å². The fourth-order valence-electron chi connectivity index (χ4n) is 0.602. The number of rotatable bonds is 0. The topological polar surface area (TPSA) is 67.3 Å². The number of halogens is 1. The summed E-state index contributed by atoms with van der Waals surface area (Å²) in [6.45, 7) is 0. The van der Waals surface area contributed by atoms with Gasteiger partial charge in [0.05, 0.1) is 0 Å². The van der Waals surface area contributed by atoms with Gasteiger partial charge in [-0.3, -0.25) is 0 Å². The van der Waals surface area contributed by atoms with Crippen molar-refractivity contribution in [2.45, 2.75) is 0 Å². The number of aromatic amines is 1. The molecule has 0 atom stereocenters. The zero-order valence-electron chi connectivity index (χ0n) is 4.85. The summed E-state index contributed by atoms with van der Waals surface area (Å²) in [5.74, 6) is 0. The molecule has 0 fully saturated rings. The van der Waals surface area contributed by atoms with Crippen molar-refractivity contribution in [2.75, 3.05) is 0 Å². The molecule has 1 N–H and O–H groups in total. The summed E-state index contributed by atoms with van der Waals surface area (Å²) in [7, 11) is 0. The van der Waals surface area contributed by atoms with Crippen molar-refractivity contribution in [3.63, 3.8) is 0 Å². The minimum atomic E-state index is 0. The van der Waals surface area contributed by atoms with Crippen molar-refractivity contribution in [2.24, 2.45) is 0 Å². The molecule has 10 heavy (non-hydrogen) atoms. The molecule has 6 heteroatoms. The monoisotopic (exact) mass is 157 g/mol. The van der Waals surface area contributed by atoms with Crippen molar-refractivity contribution in [1.29, 1.82) is 0 Å². The van der Waals surface area contributed by atoms with Gasteiger partial charge in [-0.1, -0.05) is 5.21 Å². The molecule has 5 nitrogen and oxygen atoms in total. The van der Waals surface area contributed by atoms with Crippen LogP contribution in [-0.4, -0.2) is 25.4 Å². The Balaban J connectivity index is 0.000000500. The molecule has 0 saturated heterocycles. The lowest BCUT2D eigenvalue weighted by Gasteiger charge is -1.78. The van der Waals surface area contributed by atoms with Crippen LogP contribution < -0.4 is 0 Å². The van der Waals surface area contributed by atoms with E-state index in [-0.39, 0.29) is 12.4 Å². The van der Waals surface area contributed by atoms with Gasteiger partial charge in [0, 0.05) is 12.4 Å². The summed E-state index contributed by atoms with van der Waals surface area (Å²) in [6, 6.07) is 0. The van der Waals surface area contributed by atoms with Gasteiger partial charge in [-0.15, -0.1) is 17.5 Å². The number of fused-ring (bicyclic) bond motifs is 1. The van der Waals surface area contributed by atoms with Crippen LogP contribution in [0.4, 0.5) is 0 Å². The predicted molar refractivity (Wildman–Crippen MR) is 36.7 cm³/mol. The lowest BCUT2D eigenvalue weighted by Crippen LogP contribution is -1.77. The van der Waals surface area contributed by atoms with E-state index < -0.39 is 0 Å². The maximum absolute atomic E-state index is 3.90. The van der Waals surface area contributed by atoms with Crippen molar-refractivity contribution in [3.8, 4) is 0 Å². The van der Waals surface area contributed by atoms with E-state index in [0.29, 0.717) is 11.3 Å². The number of hydrogen-bond acceptors (Lipinski definition) is 4. The lowest BCUT2D eigenvalue weighted by atomic mass is 10.7. The van der Waals surface area contributed by atoms with E-state index in [4.69, 9.17) is 0 Å². The molecule has 0 aliphatic heterocycles. The van der Waals surface area contributed by atoms with Crippen LogP contribution >= 0.6 is 12.4 Å². The van der Waals surface area contributed by atoms with E-state index in [2.05, 4.69) is 25.4 Å². The average Bonchev–Trinajstić information content (AvgIpc) is 2.33. The number of nitrogens with one attached hydrogen (secondary N) is 1. The largest absolute Gasteiger partial charge is 0.239 e. The highest BCUT2D eigenvalue weighted by Gasteiger charge is 1.93. The first kappa shape index (κ1) is 6.88. The van der Waals surface area contributed by atoms with Crippen molar-refractivity contribution >= 4 is 23.7 Å². The fraction of sp³-hybridized carbons (Fsp3) is 0. The number of aromatic nitrogens is 5. The molecule has 2 aromatic rings. The first-order valence-electron chi connectivity index (χ1n) is 2.44. The van der Waals surface area contributed by atoms with E-state index >= 15 is 0 Å². The molecule has 2 rings (SSSR count). The minimum absolute atomic E-state index is 0. The Bertz CT molecular complexity index is 288. The highest BCUT2D eigenvalue weighted by molar-refractivity contribution is 5.85. The standard InChI is InChI=1S/C4H3N5.ClH/c1-2-6-4-3(5-1)7-9-8-4;/h1-2H,(H,5,6,7,8,9);1H. The van der Waals surface area contributed by atoms with Crippen LogP contribution in [0.2, 0.25) is 0 Å². The highest BCUT2D eigenvalue weighted by Crippen LogP contribution is 1.94. The van der Waals surface area contributed by atoms with Crippen molar-refractivity contribution < 1.29 is 0 Å². The van der Waals surface area contributed by atoms with Gasteiger partial charge in [0.15, 0.2) is 5.65 Å². The second-order valence-corrected chi connectivity index (χ2v) is 1.54. The molecule has 0 spiro atoms. The molecule has 0 unspecified atom stereocenters. The molecule has 0 radical (unpaired) electrons. The zero-order chi connectivity index (χ0) is 6.10. The highest BCUT2D eigenvalue weighted by atomic mass is 35.5. The van der Waals surface area contributed by atoms with Gasteiger partial charge >= 0.3 is 0 Å². The normalized spacial score (nSPS) is 9.20. The molecule has 52 valence electrons. The van der Waals surface area contributed by atoms with Crippen molar-refractivity contribution in [1.82, 2.24) is 25.4 Å². The van der Waals surface area contributed by atoms with Gasteiger partial charge < -0.3 is 0 Å². The average molecular weight is 158 g/mol. The Hall–Kier alpha value is -1.23. The van der Waals surface area contributed by atoms with E-state index in [1.165, 1.54) is 0 Å². The van der Waals surface area contributed by atoms with Crippen LogP contribution in [0.25, 0.3) is 11.3 Å². The van der Waals surface area contributed by atoms with E-state index in [1.54, 1.807) is 12.4 Å². The second kappa shape index (κ2) is 2.57. The summed E-state index contributed by atoms with van der Waals surface area (Å²) in [6.07, 6.45) is 3.16. The summed E-state index contributed by atoms with van der Waals surface area (Å²) in [5, 5.41) is 9.73. The third-order valence-electron chi connectivity index (χ3n) is 0.980. The van der Waals surface area contributed by atoms with Gasteiger partial charge in [-0.2, -0.15) is 0 Å². The number of hydrogen-bond donors (Lipinski definition) is 1. The Morgan fingerprint density at radius 3 is 2.80 bits per heavy atom. The summed E-state index contributed by atoms with van der Waals surface area (Å²) < 4.78 is 0. The predicted octanol–water partition coefficient (Wildman–Crippen LogP) is 0.170. The molecular formula is C4H4ClN5. The van der Waals surface area contributed by atoms with Crippen LogP contribution in [0.3, 0.4) is 0 Å². The number of nitrogens with zero attached hydrogens (tertiary/aromatic N) is 4. The third-order valence-corrected chi connectivity index (χ3v) is 0.980. The fourth-order valence-corrected chi connectivity index (χ4v) is 0.602. The summed E-state index contributed by atoms with van der Waals surface area (Å²) >= 11 is 0. The molecule has 0 aliphatic carbocycles. The Morgan fingerprint density at radius 2 is 2.00 bits per heavy atom. The third kappa shape index (κ3) is 0.906. The Kier molecular flexibility index (Phi) is 1.77. The van der Waals surface area contributed by atoms with Gasteiger partial charge in [0.2, 0.25) is 5.65 Å². The molecule has 2 aromatic heterocycles. The van der Waals surface area contributed by atoms with Crippen LogP contribution in [0.5, 0.6) is 0 Å². The molecule has 0 bridgehead atoms. The van der Waals surface area contributed by atoms with Gasteiger partial charge in [-0.05, 0) is 0 Å². The summed E-state index contributed by atoms with van der Waals surface area (Å²) in [4.78, 5) is 7.77. The van der Waals surface area contributed by atoms with E-state index in [0.717, 1.165) is 0 Å². The van der Waals surface area contributed by atoms with Crippen LogP contribution in [0.1, 0.15) is 0 Å². The van der Waals surface area contributed by atoms with Gasteiger partial charge in [-0.25, -0.2) is 15.1 Å². The molecule has 0 amide bonds. The molecule has 2 heterocycles. The maximum Gasteiger partial charge on any atom is 0.220 e. The Labute approximate surface area is 62.3 Å². The molecule has 0 saturated carbocycles. The van der Waals surface area contributed by atoms with E-state index in [1.807, 2.05) is 0 Å². The number of H-pyrrole nitrogens is 1. The first-order chi connectivity index (χ1) is 4.47. The van der Waals surface area contributed by atoms with Crippen LogP contribution in [-0.2, 0) is 0 Å². The smallest absolute Gasteiger partial charge is 0.220 e. The van der Waals surface area contributed by atoms with Gasteiger partial charge in [0.1, 0.15) is 0 Å². The lowest BCUT2D eigenvalue weighted by molar-refractivity contribution is 0.951. The summed E-state index contributed by atoms with van der Waals surface area (Å²) in [5.41, 5.74) is 1.18. The molecule has 0 aromatic carbocycles. The Morgan fingerprint density at radius 1 is 1.20 bits per heavy atom. The van der Waals surface area contributed by atoms with Gasteiger partial charge in [0.25, 0.3) is 0 Å². The minimum Gasteiger partial charge on any atom is -0.239 e. The molecular weight excluding hydrogens is 154 g/mol. The van der Waals surface area contributed by atoms with Crippen LogP contribution in [0, 0.1) is 0 Å². The maximum atomic E-state index is 3.90. The quantitative estimate of drug-likeness (QED) is 0.592. The first-order valence-corrected chi connectivity index (χ1v) is 2.44. The van der Waals surface area contributed by atoms with Crippen molar-refractivity contribution in [3.05, 3.63) is 12.4 Å². The SMILES string of the molecule is Cl.c1cnc2[nH]nnc2n1. The second-order valence-electron chi connectivity index (χ2n) is 1.54. The van der Waals surface area contributed by atoms with Crippen LogP contribution in [0.15, 0.2) is 12.4 Å².